The zero-order valence-corrected chi connectivity index (χ0v) is 11.1. The van der Waals surface area contributed by atoms with E-state index in [0.29, 0.717) is 11.5 Å². The molecule has 1 unspecified atom stereocenters. The Bertz CT molecular complexity index is 551. The van der Waals surface area contributed by atoms with Crippen LogP contribution in [-0.2, 0) is 30.0 Å². The van der Waals surface area contributed by atoms with Gasteiger partial charge in [-0.25, -0.2) is 0 Å². The number of aromatic hydroxyl groups is 1. The molecular weight excluding hydrogens is 248 g/mol. The van der Waals surface area contributed by atoms with Gasteiger partial charge in [0.15, 0.2) is 0 Å². The number of nitrogens with zero attached hydrogens (tertiary/aromatic N) is 2. The van der Waals surface area contributed by atoms with Gasteiger partial charge in [-0.3, -0.25) is 8.89 Å². The molecule has 0 radical (unpaired) electrons. The van der Waals surface area contributed by atoms with Crippen LogP contribution in [0.4, 0.5) is 0 Å². The van der Waals surface area contributed by atoms with Gasteiger partial charge in [0.2, 0.25) is 0 Å². The second kappa shape index (κ2) is 5.82. The summed E-state index contributed by atoms with van der Waals surface area (Å²) in [6.07, 6.45) is 2.47. The monoisotopic (exact) mass is 264 g/mol. The van der Waals surface area contributed by atoms with Crippen molar-refractivity contribution in [3.05, 3.63) is 47.8 Å². The third-order valence-corrected chi connectivity index (χ3v) is 4.11. The molecule has 18 heavy (non-hydrogen) atoms. The molecule has 2 aromatic rings. The highest BCUT2D eigenvalue weighted by Gasteiger charge is 2.07. The molecule has 5 heteroatoms. The van der Waals surface area contributed by atoms with Crippen LogP contribution in [0.1, 0.15) is 11.3 Å². The van der Waals surface area contributed by atoms with Crippen LogP contribution in [0.2, 0.25) is 0 Å². The Morgan fingerprint density at radius 2 is 2.11 bits per heavy atom. The Morgan fingerprint density at radius 1 is 1.33 bits per heavy atom. The van der Waals surface area contributed by atoms with E-state index in [4.69, 9.17) is 0 Å². The smallest absolute Gasteiger partial charge is 0.119 e. The molecule has 2 rings (SSSR count). The summed E-state index contributed by atoms with van der Waals surface area (Å²) in [6, 6.07) is 8.95. The Labute approximate surface area is 109 Å². The Hall–Kier alpha value is -1.62. The average molecular weight is 264 g/mol. The molecule has 4 nitrogen and oxygen atoms in total. The summed E-state index contributed by atoms with van der Waals surface area (Å²) in [7, 11) is 0.901. The summed E-state index contributed by atoms with van der Waals surface area (Å²) in [5.74, 6) is 1.18. The fourth-order valence-corrected chi connectivity index (χ4v) is 2.92. The maximum atomic E-state index is 11.9. The molecule has 0 spiro atoms. The van der Waals surface area contributed by atoms with Crippen molar-refractivity contribution in [1.29, 1.82) is 0 Å². The summed E-state index contributed by atoms with van der Waals surface area (Å²) in [6.45, 7) is 0. The lowest BCUT2D eigenvalue weighted by Gasteiger charge is -2.05. The number of hydrogen-bond donors (Lipinski definition) is 1. The highest BCUT2D eigenvalue weighted by atomic mass is 32.2. The highest BCUT2D eigenvalue weighted by molar-refractivity contribution is 7.84. The predicted octanol–water partition coefficient (Wildman–Crippen LogP) is 1.62. The number of hydrogen-bond acceptors (Lipinski definition) is 3. The van der Waals surface area contributed by atoms with E-state index in [9.17, 15) is 9.32 Å². The van der Waals surface area contributed by atoms with Gasteiger partial charge >= 0.3 is 0 Å². The van der Waals surface area contributed by atoms with Crippen LogP contribution < -0.4 is 0 Å². The number of para-hydroxylation sites is 1. The largest absolute Gasteiger partial charge is 0.508 e. The van der Waals surface area contributed by atoms with E-state index in [1.165, 1.54) is 0 Å². The zero-order chi connectivity index (χ0) is 13.0. The van der Waals surface area contributed by atoms with Gasteiger partial charge in [-0.2, -0.15) is 5.10 Å². The first kappa shape index (κ1) is 12.8. The summed E-state index contributed by atoms with van der Waals surface area (Å²) in [5, 5.41) is 13.7. The van der Waals surface area contributed by atoms with Crippen LogP contribution in [0, 0.1) is 0 Å². The summed E-state index contributed by atoms with van der Waals surface area (Å²) in [4.78, 5) is 0. The molecule has 0 fully saturated rings. The van der Waals surface area contributed by atoms with Crippen LogP contribution in [-0.4, -0.2) is 24.8 Å². The van der Waals surface area contributed by atoms with Crippen molar-refractivity contribution < 1.29 is 9.32 Å². The standard InChI is InChI=1S/C13H16N2O2S/c1-15-12(6-8-14-15)7-9-18(17)10-11-4-2-3-5-13(11)16/h2-6,8,16H,7,9-10H2,1H3. The van der Waals surface area contributed by atoms with Crippen LogP contribution in [0.3, 0.4) is 0 Å². The van der Waals surface area contributed by atoms with Gasteiger partial charge in [0.25, 0.3) is 0 Å². The van der Waals surface area contributed by atoms with E-state index in [-0.39, 0.29) is 5.75 Å². The molecule has 1 heterocycles. The lowest BCUT2D eigenvalue weighted by atomic mass is 10.2. The average Bonchev–Trinajstić information content (AvgIpc) is 2.75. The lowest BCUT2D eigenvalue weighted by molar-refractivity contribution is 0.470. The Kier molecular flexibility index (Phi) is 4.15. The minimum atomic E-state index is -0.975. The molecule has 0 aliphatic rings. The zero-order valence-electron chi connectivity index (χ0n) is 10.2. The summed E-state index contributed by atoms with van der Waals surface area (Å²) >= 11 is 0. The number of benzene rings is 1. The Balaban J connectivity index is 1.90. The van der Waals surface area contributed by atoms with Gasteiger partial charge in [-0.1, -0.05) is 18.2 Å². The van der Waals surface area contributed by atoms with E-state index in [2.05, 4.69) is 5.10 Å². The van der Waals surface area contributed by atoms with E-state index in [0.717, 1.165) is 17.7 Å². The van der Waals surface area contributed by atoms with Gasteiger partial charge < -0.3 is 5.11 Å². The molecule has 96 valence electrons. The van der Waals surface area contributed by atoms with Crippen molar-refractivity contribution >= 4 is 10.8 Å². The summed E-state index contributed by atoms with van der Waals surface area (Å²) in [5.41, 5.74) is 1.81. The molecule has 0 aliphatic heterocycles. The van der Waals surface area contributed by atoms with Crippen LogP contribution >= 0.6 is 0 Å². The third-order valence-electron chi connectivity index (χ3n) is 2.82. The molecule has 0 saturated heterocycles. The van der Waals surface area contributed by atoms with Crippen molar-refractivity contribution in [2.45, 2.75) is 12.2 Å². The van der Waals surface area contributed by atoms with E-state index in [1.807, 2.05) is 19.2 Å². The maximum Gasteiger partial charge on any atom is 0.119 e. The first-order chi connectivity index (χ1) is 8.66. The highest BCUT2D eigenvalue weighted by Crippen LogP contribution is 2.17. The second-order valence-electron chi connectivity index (χ2n) is 4.11. The van der Waals surface area contributed by atoms with Gasteiger partial charge in [-0.15, -0.1) is 0 Å². The van der Waals surface area contributed by atoms with Crippen LogP contribution in [0.15, 0.2) is 36.5 Å². The number of rotatable bonds is 5. The fraction of sp³-hybridized carbons (Fsp3) is 0.308. The topological polar surface area (TPSA) is 55.1 Å². The van der Waals surface area contributed by atoms with E-state index >= 15 is 0 Å². The molecule has 1 atom stereocenters. The molecule has 0 amide bonds. The van der Waals surface area contributed by atoms with Gasteiger partial charge in [-0.05, 0) is 12.1 Å². The van der Waals surface area contributed by atoms with Crippen molar-refractivity contribution in [2.24, 2.45) is 7.05 Å². The van der Waals surface area contributed by atoms with E-state index in [1.54, 1.807) is 29.1 Å². The molecule has 0 saturated carbocycles. The van der Waals surface area contributed by atoms with Gasteiger partial charge in [0.1, 0.15) is 5.75 Å². The minimum absolute atomic E-state index is 0.214. The van der Waals surface area contributed by atoms with Crippen molar-refractivity contribution in [1.82, 2.24) is 9.78 Å². The molecule has 1 N–H and O–H groups in total. The van der Waals surface area contributed by atoms with Crippen molar-refractivity contribution in [3.63, 3.8) is 0 Å². The van der Waals surface area contributed by atoms with E-state index < -0.39 is 10.8 Å². The fourth-order valence-electron chi connectivity index (χ4n) is 1.74. The molecule has 0 aliphatic carbocycles. The van der Waals surface area contributed by atoms with Gasteiger partial charge in [0, 0.05) is 47.5 Å². The molecular formula is C13H16N2O2S. The lowest BCUT2D eigenvalue weighted by Crippen LogP contribution is -2.07. The Morgan fingerprint density at radius 3 is 2.78 bits per heavy atom. The molecule has 0 bridgehead atoms. The quantitative estimate of drug-likeness (QED) is 0.892. The SMILES string of the molecule is Cn1nccc1CCS(=O)Cc1ccccc1O. The molecule has 1 aromatic carbocycles. The first-order valence-corrected chi connectivity index (χ1v) is 7.24. The maximum absolute atomic E-state index is 11.9. The minimum Gasteiger partial charge on any atom is -0.508 e. The van der Waals surface area contributed by atoms with Crippen molar-refractivity contribution in [2.75, 3.05) is 5.75 Å². The first-order valence-electron chi connectivity index (χ1n) is 5.75. The summed E-state index contributed by atoms with van der Waals surface area (Å²) < 4.78 is 13.7. The van der Waals surface area contributed by atoms with Crippen LogP contribution in [0.5, 0.6) is 5.75 Å². The predicted molar refractivity (Wildman–Crippen MR) is 71.7 cm³/mol. The molecule has 1 aromatic heterocycles. The number of phenolic OH excluding ortho intramolecular Hbond substituents is 1. The van der Waals surface area contributed by atoms with Gasteiger partial charge in [0.05, 0.1) is 5.75 Å². The number of phenols is 1. The van der Waals surface area contributed by atoms with Crippen molar-refractivity contribution in [3.8, 4) is 5.75 Å². The third kappa shape index (κ3) is 3.20. The number of aryl methyl sites for hydroxylation is 2. The number of aromatic nitrogens is 2. The normalized spacial score (nSPS) is 12.5. The second-order valence-corrected chi connectivity index (χ2v) is 5.69. The van der Waals surface area contributed by atoms with Crippen LogP contribution in [0.25, 0.3) is 0 Å².